The van der Waals surface area contributed by atoms with Gasteiger partial charge in [-0.25, -0.2) is 9.18 Å². The van der Waals surface area contributed by atoms with E-state index in [-0.39, 0.29) is 37.4 Å². The molecule has 1 saturated heterocycles. The Morgan fingerprint density at radius 3 is 2.12 bits per heavy atom. The van der Waals surface area contributed by atoms with Crippen molar-refractivity contribution in [1.29, 1.82) is 0 Å². The lowest BCUT2D eigenvalue weighted by Gasteiger charge is -2.35. The van der Waals surface area contributed by atoms with E-state index < -0.39 is 41.3 Å². The van der Waals surface area contributed by atoms with Crippen LogP contribution >= 0.6 is 0 Å². The highest BCUT2D eigenvalue weighted by Gasteiger charge is 2.71. The maximum Gasteiger partial charge on any atom is 0.430 e. The van der Waals surface area contributed by atoms with Crippen LogP contribution in [0.25, 0.3) is 0 Å². The van der Waals surface area contributed by atoms with Gasteiger partial charge in [-0.05, 0) is 30.7 Å². The fourth-order valence-corrected chi connectivity index (χ4v) is 4.48. The third-order valence-electron chi connectivity index (χ3n) is 6.83. The number of amides is 3. The van der Waals surface area contributed by atoms with Gasteiger partial charge in [0.2, 0.25) is 0 Å². The quantitative estimate of drug-likeness (QED) is 0.332. The summed E-state index contributed by atoms with van der Waals surface area (Å²) in [5.74, 6) is -0.725. The van der Waals surface area contributed by atoms with E-state index in [9.17, 15) is 45.4 Å². The zero-order valence-corrected chi connectivity index (χ0v) is 22.5. The van der Waals surface area contributed by atoms with E-state index in [1.54, 1.807) is 13.0 Å². The molecule has 9 nitrogen and oxygen atoms in total. The number of rotatable bonds is 7. The van der Waals surface area contributed by atoms with Gasteiger partial charge in [0.05, 0.1) is 12.2 Å². The second-order valence-corrected chi connectivity index (χ2v) is 9.90. The number of piperazine rings is 1. The second-order valence-electron chi connectivity index (χ2n) is 9.90. The Bertz CT molecular complexity index is 1440. The lowest BCUT2D eigenvalue weighted by molar-refractivity contribution is -0.376. The summed E-state index contributed by atoms with van der Waals surface area (Å²) in [4.78, 5) is 28.3. The molecule has 4 rings (SSSR count). The molecule has 3 aromatic rings. The molecule has 3 N–H and O–H groups in total. The van der Waals surface area contributed by atoms with Crippen molar-refractivity contribution in [3.63, 3.8) is 0 Å². The number of anilines is 1. The van der Waals surface area contributed by atoms with Crippen molar-refractivity contribution in [3.05, 3.63) is 82.5 Å². The van der Waals surface area contributed by atoms with Gasteiger partial charge in [-0.2, -0.15) is 26.3 Å². The smallest absolute Gasteiger partial charge is 0.369 e. The van der Waals surface area contributed by atoms with Crippen molar-refractivity contribution in [2.45, 2.75) is 38.0 Å². The SMILES string of the molecule is Cc1cc(CNC(=O)Nc2ccc(C(=O)N3CCN(Cc4ccc(C(O)(C(F)(F)F)C(F)(F)F)cc4)CC3)cc2F)no1. The van der Waals surface area contributed by atoms with Crippen molar-refractivity contribution < 1.29 is 50.0 Å². The third kappa shape index (κ3) is 7.07. The monoisotopic (exact) mass is 617 g/mol. The van der Waals surface area contributed by atoms with Crippen molar-refractivity contribution >= 4 is 17.6 Å². The van der Waals surface area contributed by atoms with Crippen LogP contribution < -0.4 is 10.6 Å². The predicted molar refractivity (Wildman–Crippen MR) is 137 cm³/mol. The number of nitrogens with zero attached hydrogens (tertiary/aromatic N) is 3. The van der Waals surface area contributed by atoms with Gasteiger partial charge in [0.15, 0.2) is 0 Å². The van der Waals surface area contributed by atoms with Crippen molar-refractivity contribution in [2.75, 3.05) is 31.5 Å². The Labute approximate surface area is 240 Å². The molecule has 1 aromatic heterocycles. The summed E-state index contributed by atoms with van der Waals surface area (Å²) < 4.78 is 98.2. The van der Waals surface area contributed by atoms with Crippen LogP contribution in [-0.2, 0) is 18.7 Å². The van der Waals surface area contributed by atoms with E-state index in [0.717, 1.165) is 18.2 Å². The molecule has 0 aliphatic carbocycles. The fraction of sp³-hybridized carbons (Fsp3) is 0.370. The summed E-state index contributed by atoms with van der Waals surface area (Å²) >= 11 is 0. The van der Waals surface area contributed by atoms with E-state index in [2.05, 4.69) is 15.8 Å². The number of aryl methyl sites for hydroxylation is 1. The van der Waals surface area contributed by atoms with Gasteiger partial charge in [-0.1, -0.05) is 29.4 Å². The van der Waals surface area contributed by atoms with Crippen molar-refractivity contribution in [1.82, 2.24) is 20.3 Å². The summed E-state index contributed by atoms with van der Waals surface area (Å²) in [6.45, 7) is 3.03. The first-order valence-electron chi connectivity index (χ1n) is 12.8. The van der Waals surface area contributed by atoms with E-state index in [1.807, 2.05) is 4.90 Å². The normalized spacial score (nSPS) is 15.0. The molecule has 0 atom stereocenters. The van der Waals surface area contributed by atoms with Crippen LogP contribution in [0.15, 0.2) is 53.1 Å². The highest BCUT2D eigenvalue weighted by Crippen LogP contribution is 2.50. The van der Waals surface area contributed by atoms with Crippen LogP contribution in [0.2, 0.25) is 0 Å². The van der Waals surface area contributed by atoms with Gasteiger partial charge >= 0.3 is 18.4 Å². The Morgan fingerprint density at radius 2 is 1.58 bits per heavy atom. The molecular weight excluding hydrogens is 591 g/mol. The zero-order valence-electron chi connectivity index (χ0n) is 22.5. The summed E-state index contributed by atoms with van der Waals surface area (Å²) in [5, 5.41) is 18.1. The Kier molecular flexibility index (Phi) is 9.01. The Balaban J connectivity index is 1.29. The molecule has 0 radical (unpaired) electrons. The first-order valence-corrected chi connectivity index (χ1v) is 12.8. The van der Waals surface area contributed by atoms with Crippen LogP contribution in [0.4, 0.5) is 41.2 Å². The number of hydrogen-bond donors (Lipinski definition) is 3. The van der Waals surface area contributed by atoms with Crippen molar-refractivity contribution in [3.8, 4) is 0 Å². The fourth-order valence-electron chi connectivity index (χ4n) is 4.48. The number of urea groups is 1. The topological polar surface area (TPSA) is 111 Å². The van der Waals surface area contributed by atoms with Gasteiger partial charge in [-0.15, -0.1) is 0 Å². The molecule has 0 saturated carbocycles. The number of aliphatic hydroxyl groups is 1. The van der Waals surface area contributed by atoms with Crippen molar-refractivity contribution in [2.24, 2.45) is 0 Å². The van der Waals surface area contributed by atoms with E-state index in [1.165, 1.54) is 17.0 Å². The lowest BCUT2D eigenvalue weighted by atomic mass is 9.91. The maximum absolute atomic E-state index is 14.7. The minimum Gasteiger partial charge on any atom is -0.369 e. The molecule has 16 heteroatoms. The van der Waals surface area contributed by atoms with E-state index >= 15 is 0 Å². The van der Waals surface area contributed by atoms with E-state index in [0.29, 0.717) is 42.2 Å². The molecule has 0 bridgehead atoms. The molecule has 2 aromatic carbocycles. The first-order chi connectivity index (χ1) is 20.1. The van der Waals surface area contributed by atoms with Gasteiger partial charge in [0, 0.05) is 49.9 Å². The number of carbonyl (C=O) groups is 2. The van der Waals surface area contributed by atoms with Crippen LogP contribution in [0, 0.1) is 12.7 Å². The van der Waals surface area contributed by atoms with Crippen LogP contribution in [-0.4, -0.2) is 70.5 Å². The summed E-state index contributed by atoms with van der Waals surface area (Å²) in [5.41, 5.74) is -5.56. The number of alkyl halides is 6. The van der Waals surface area contributed by atoms with Gasteiger partial charge in [-0.3, -0.25) is 9.69 Å². The standard InChI is InChI=1S/C27H26F7N5O4/c1-16-12-20(37-43-16)14-35-24(41)36-22-7-4-18(13-21(22)28)23(40)39-10-8-38(9-11-39)15-17-2-5-19(6-3-17)25(42,26(29,30)31)27(32,33)34/h2-7,12-13,42H,8-11,14-15H2,1H3,(H2,35,36,41). The number of aromatic nitrogens is 1. The molecular formula is C27H26F7N5O4. The van der Waals surface area contributed by atoms with Gasteiger partial charge < -0.3 is 25.2 Å². The van der Waals surface area contributed by atoms with Gasteiger partial charge in [0.1, 0.15) is 17.3 Å². The van der Waals surface area contributed by atoms with Crippen LogP contribution in [0.3, 0.4) is 0 Å². The highest BCUT2D eigenvalue weighted by atomic mass is 19.4. The molecule has 1 aliphatic heterocycles. The number of carbonyl (C=O) groups excluding carboxylic acids is 2. The predicted octanol–water partition coefficient (Wildman–Crippen LogP) is 4.71. The maximum atomic E-state index is 14.7. The number of benzene rings is 2. The van der Waals surface area contributed by atoms with E-state index in [4.69, 9.17) is 4.52 Å². The number of hydrogen-bond acceptors (Lipinski definition) is 6. The molecule has 3 amide bonds. The van der Waals surface area contributed by atoms with Crippen LogP contribution in [0.1, 0.15) is 32.9 Å². The molecule has 2 heterocycles. The Hall–Kier alpha value is -4.18. The average molecular weight is 618 g/mol. The number of halogens is 7. The average Bonchev–Trinajstić information content (AvgIpc) is 3.36. The minimum absolute atomic E-state index is 0.0485. The minimum atomic E-state index is -5.97. The highest BCUT2D eigenvalue weighted by molar-refractivity contribution is 5.95. The van der Waals surface area contributed by atoms with Crippen LogP contribution in [0.5, 0.6) is 0 Å². The molecule has 0 spiro atoms. The summed E-state index contributed by atoms with van der Waals surface area (Å²) in [7, 11) is 0. The first kappa shape index (κ1) is 31.7. The Morgan fingerprint density at radius 1 is 0.953 bits per heavy atom. The molecule has 1 aliphatic rings. The summed E-state index contributed by atoms with van der Waals surface area (Å²) in [6, 6.07) is 7.86. The molecule has 232 valence electrons. The zero-order chi connectivity index (χ0) is 31.6. The second kappa shape index (κ2) is 12.2. The molecule has 1 fully saturated rings. The largest absolute Gasteiger partial charge is 0.430 e. The summed E-state index contributed by atoms with van der Waals surface area (Å²) in [6.07, 6.45) is -11.9. The molecule has 0 unspecified atom stereocenters. The lowest BCUT2D eigenvalue weighted by Crippen LogP contribution is -2.53. The number of nitrogens with one attached hydrogen (secondary N) is 2. The third-order valence-corrected chi connectivity index (χ3v) is 6.83. The van der Waals surface area contributed by atoms with Gasteiger partial charge in [0.25, 0.3) is 11.5 Å². The molecule has 43 heavy (non-hydrogen) atoms.